The van der Waals surface area contributed by atoms with Gasteiger partial charge < -0.3 is 9.64 Å². The Labute approximate surface area is 92.8 Å². The monoisotopic (exact) mass is 213 g/mol. The lowest BCUT2D eigenvalue weighted by atomic mass is 9.84. The molecule has 3 heteroatoms. The summed E-state index contributed by atoms with van der Waals surface area (Å²) in [6, 6.07) is 0. The highest BCUT2D eigenvalue weighted by atomic mass is 16.6. The summed E-state index contributed by atoms with van der Waals surface area (Å²) in [6.45, 7) is 13.9. The van der Waals surface area contributed by atoms with Gasteiger partial charge in [0.25, 0.3) is 0 Å². The van der Waals surface area contributed by atoms with Gasteiger partial charge in [-0.2, -0.15) is 0 Å². The van der Waals surface area contributed by atoms with Crippen LogP contribution in [0.2, 0.25) is 0 Å². The largest absolute Gasteiger partial charge is 0.444 e. The van der Waals surface area contributed by atoms with Gasteiger partial charge in [-0.05, 0) is 32.1 Å². The highest BCUT2D eigenvalue weighted by molar-refractivity contribution is 5.68. The third-order valence-corrected chi connectivity index (χ3v) is 3.08. The maximum absolute atomic E-state index is 11.8. The molecule has 0 spiro atoms. The summed E-state index contributed by atoms with van der Waals surface area (Å²) < 4.78 is 5.35. The third-order valence-electron chi connectivity index (χ3n) is 3.08. The molecular weight excluding hydrogens is 190 g/mol. The van der Waals surface area contributed by atoms with Gasteiger partial charge in [-0.1, -0.05) is 20.8 Å². The summed E-state index contributed by atoms with van der Waals surface area (Å²) in [6.07, 6.45) is -0.181. The summed E-state index contributed by atoms with van der Waals surface area (Å²) in [4.78, 5) is 13.6. The molecule has 0 aromatic carbocycles. The standard InChI is InChI=1S/C12H23NO2/c1-9-7-13(8-12(9,5)6)10(14)15-11(2,3)4/h9H,7-8H2,1-6H3. The molecule has 1 aliphatic heterocycles. The molecule has 1 amide bonds. The maximum atomic E-state index is 11.8. The van der Waals surface area contributed by atoms with Gasteiger partial charge >= 0.3 is 6.09 Å². The molecule has 15 heavy (non-hydrogen) atoms. The van der Waals surface area contributed by atoms with Crippen molar-refractivity contribution in [1.29, 1.82) is 0 Å². The predicted octanol–water partition coefficient (Wildman–Crippen LogP) is 2.90. The molecule has 0 aliphatic carbocycles. The first-order valence-corrected chi connectivity index (χ1v) is 5.60. The molecule has 1 unspecified atom stereocenters. The number of carbonyl (C=O) groups is 1. The number of hydrogen-bond acceptors (Lipinski definition) is 2. The Balaban J connectivity index is 2.58. The Bertz CT molecular complexity index is 253. The predicted molar refractivity (Wildman–Crippen MR) is 60.8 cm³/mol. The number of carbonyl (C=O) groups excluding carboxylic acids is 1. The van der Waals surface area contributed by atoms with Crippen molar-refractivity contribution in [2.75, 3.05) is 13.1 Å². The van der Waals surface area contributed by atoms with Crippen molar-refractivity contribution in [3.63, 3.8) is 0 Å². The van der Waals surface area contributed by atoms with E-state index in [1.807, 2.05) is 25.7 Å². The van der Waals surface area contributed by atoms with E-state index in [0.29, 0.717) is 5.92 Å². The zero-order chi connectivity index (χ0) is 11.9. The van der Waals surface area contributed by atoms with Crippen LogP contribution in [0.1, 0.15) is 41.5 Å². The Hall–Kier alpha value is -0.730. The molecule has 0 bridgehead atoms. The second-order valence-electron chi connectivity index (χ2n) is 6.25. The van der Waals surface area contributed by atoms with Crippen molar-refractivity contribution < 1.29 is 9.53 Å². The van der Waals surface area contributed by atoms with Crippen molar-refractivity contribution in [3.8, 4) is 0 Å². The quantitative estimate of drug-likeness (QED) is 0.619. The fraction of sp³-hybridized carbons (Fsp3) is 0.917. The van der Waals surface area contributed by atoms with Gasteiger partial charge in [-0.3, -0.25) is 0 Å². The molecular formula is C12H23NO2. The van der Waals surface area contributed by atoms with E-state index < -0.39 is 5.60 Å². The van der Waals surface area contributed by atoms with Crippen LogP contribution in [-0.4, -0.2) is 29.7 Å². The van der Waals surface area contributed by atoms with Gasteiger partial charge in [0.2, 0.25) is 0 Å². The topological polar surface area (TPSA) is 29.5 Å². The number of amides is 1. The minimum absolute atomic E-state index is 0.181. The van der Waals surface area contributed by atoms with Crippen LogP contribution in [0.15, 0.2) is 0 Å². The van der Waals surface area contributed by atoms with Crippen molar-refractivity contribution in [2.45, 2.75) is 47.1 Å². The Morgan fingerprint density at radius 2 is 1.93 bits per heavy atom. The summed E-state index contributed by atoms with van der Waals surface area (Å²) >= 11 is 0. The van der Waals surface area contributed by atoms with Crippen molar-refractivity contribution in [1.82, 2.24) is 4.90 Å². The fourth-order valence-electron chi connectivity index (χ4n) is 1.76. The lowest BCUT2D eigenvalue weighted by molar-refractivity contribution is 0.0277. The van der Waals surface area contributed by atoms with Crippen molar-refractivity contribution in [3.05, 3.63) is 0 Å². The third kappa shape index (κ3) is 3.11. The van der Waals surface area contributed by atoms with E-state index in [2.05, 4.69) is 20.8 Å². The van der Waals surface area contributed by atoms with Crippen LogP contribution in [0.3, 0.4) is 0 Å². The Morgan fingerprint density at radius 1 is 1.40 bits per heavy atom. The van der Waals surface area contributed by atoms with Crippen LogP contribution in [0, 0.1) is 11.3 Å². The number of hydrogen-bond donors (Lipinski definition) is 0. The molecule has 1 aliphatic rings. The van der Waals surface area contributed by atoms with Gasteiger partial charge in [-0.25, -0.2) is 4.79 Å². The minimum Gasteiger partial charge on any atom is -0.444 e. The van der Waals surface area contributed by atoms with Crippen LogP contribution in [-0.2, 0) is 4.74 Å². The molecule has 1 fully saturated rings. The average molecular weight is 213 g/mol. The zero-order valence-corrected chi connectivity index (χ0v) is 10.8. The van der Waals surface area contributed by atoms with Gasteiger partial charge in [-0.15, -0.1) is 0 Å². The van der Waals surface area contributed by atoms with E-state index in [1.165, 1.54) is 0 Å². The molecule has 1 heterocycles. The molecule has 1 saturated heterocycles. The van der Waals surface area contributed by atoms with E-state index >= 15 is 0 Å². The summed E-state index contributed by atoms with van der Waals surface area (Å²) in [5.74, 6) is 0.532. The summed E-state index contributed by atoms with van der Waals surface area (Å²) in [5, 5.41) is 0. The van der Waals surface area contributed by atoms with E-state index in [-0.39, 0.29) is 11.5 Å². The number of nitrogens with zero attached hydrogens (tertiary/aromatic N) is 1. The van der Waals surface area contributed by atoms with Gasteiger partial charge in [0, 0.05) is 13.1 Å². The SMILES string of the molecule is CC1CN(C(=O)OC(C)(C)C)CC1(C)C. The molecule has 0 radical (unpaired) electrons. The van der Waals surface area contributed by atoms with E-state index in [0.717, 1.165) is 13.1 Å². The lowest BCUT2D eigenvalue weighted by Crippen LogP contribution is -2.36. The van der Waals surface area contributed by atoms with Crippen molar-refractivity contribution in [2.24, 2.45) is 11.3 Å². The fourth-order valence-corrected chi connectivity index (χ4v) is 1.76. The van der Waals surface area contributed by atoms with E-state index in [4.69, 9.17) is 4.74 Å². The second-order valence-corrected chi connectivity index (χ2v) is 6.25. The average Bonchev–Trinajstić information content (AvgIpc) is 2.23. The molecule has 3 nitrogen and oxygen atoms in total. The van der Waals surface area contributed by atoms with Crippen LogP contribution >= 0.6 is 0 Å². The van der Waals surface area contributed by atoms with Crippen LogP contribution in [0.5, 0.6) is 0 Å². The van der Waals surface area contributed by atoms with Crippen LogP contribution in [0.4, 0.5) is 4.79 Å². The van der Waals surface area contributed by atoms with E-state index in [9.17, 15) is 4.79 Å². The molecule has 0 saturated carbocycles. The summed E-state index contributed by atoms with van der Waals surface area (Å²) in [7, 11) is 0. The van der Waals surface area contributed by atoms with Crippen molar-refractivity contribution >= 4 is 6.09 Å². The first-order valence-electron chi connectivity index (χ1n) is 5.60. The van der Waals surface area contributed by atoms with E-state index in [1.54, 1.807) is 0 Å². The van der Waals surface area contributed by atoms with Gasteiger partial charge in [0.1, 0.15) is 5.60 Å². The lowest BCUT2D eigenvalue weighted by Gasteiger charge is -2.25. The highest BCUT2D eigenvalue weighted by Gasteiger charge is 2.39. The number of rotatable bonds is 0. The molecule has 1 atom stereocenters. The normalized spacial score (nSPS) is 25.5. The number of ether oxygens (including phenoxy) is 1. The second kappa shape index (κ2) is 3.69. The smallest absolute Gasteiger partial charge is 0.410 e. The minimum atomic E-state index is -0.396. The molecule has 0 aromatic rings. The highest BCUT2D eigenvalue weighted by Crippen LogP contribution is 2.35. The Morgan fingerprint density at radius 3 is 2.27 bits per heavy atom. The van der Waals surface area contributed by atoms with Gasteiger partial charge in [0.05, 0.1) is 0 Å². The first kappa shape index (κ1) is 12.3. The summed E-state index contributed by atoms with van der Waals surface area (Å²) in [5.41, 5.74) is -0.191. The molecule has 0 N–H and O–H groups in total. The number of likely N-dealkylation sites (tertiary alicyclic amines) is 1. The maximum Gasteiger partial charge on any atom is 0.410 e. The zero-order valence-electron chi connectivity index (χ0n) is 10.8. The molecule has 88 valence electrons. The molecule has 1 rings (SSSR count). The molecule has 0 aromatic heterocycles. The van der Waals surface area contributed by atoms with Crippen LogP contribution in [0.25, 0.3) is 0 Å². The van der Waals surface area contributed by atoms with Gasteiger partial charge in [0.15, 0.2) is 0 Å². The first-order chi connectivity index (χ1) is 6.62. The Kier molecular flexibility index (Phi) is 3.04. The van der Waals surface area contributed by atoms with Crippen LogP contribution < -0.4 is 0 Å².